The molecule has 2 fully saturated rings. The van der Waals surface area contributed by atoms with E-state index in [2.05, 4.69) is 20.7 Å². The van der Waals surface area contributed by atoms with Crippen molar-refractivity contribution in [2.45, 2.75) is 18.5 Å². The number of hydrazine groups is 1. The lowest BCUT2D eigenvalue weighted by atomic mass is 10.0. The van der Waals surface area contributed by atoms with Gasteiger partial charge < -0.3 is 14.9 Å². The van der Waals surface area contributed by atoms with Gasteiger partial charge in [0.1, 0.15) is 11.8 Å². The molecule has 7 nitrogen and oxygen atoms in total. The topological polar surface area (TPSA) is 80.7 Å². The Balaban J connectivity index is 1.32. The summed E-state index contributed by atoms with van der Waals surface area (Å²) in [5, 5.41) is 9.41. The summed E-state index contributed by atoms with van der Waals surface area (Å²) >= 11 is 0. The van der Waals surface area contributed by atoms with E-state index in [-0.39, 0.29) is 23.7 Å². The Bertz CT molecular complexity index is 744. The van der Waals surface area contributed by atoms with Crippen LogP contribution in [0.15, 0.2) is 48.8 Å². The molecule has 0 spiro atoms. The standard InChI is InChI=1S/C19H23N5O2/c25-16-3-1-14(2-4-16)17-13-18(22-21-17)19(26)24-11-9-23(10-12-24)15-5-7-20-8-6-15/h1-8,17-18,21-22,25H,9-13H2. The van der Waals surface area contributed by atoms with Gasteiger partial charge in [-0.15, -0.1) is 0 Å². The Labute approximate surface area is 152 Å². The van der Waals surface area contributed by atoms with Crippen molar-refractivity contribution in [2.24, 2.45) is 0 Å². The second-order valence-corrected chi connectivity index (χ2v) is 6.74. The van der Waals surface area contributed by atoms with Gasteiger partial charge in [-0.25, -0.2) is 10.9 Å². The molecule has 2 atom stereocenters. The largest absolute Gasteiger partial charge is 0.508 e. The van der Waals surface area contributed by atoms with Crippen LogP contribution in [0, 0.1) is 0 Å². The van der Waals surface area contributed by atoms with Crippen molar-refractivity contribution in [2.75, 3.05) is 31.1 Å². The monoisotopic (exact) mass is 353 g/mol. The number of hydrogen-bond donors (Lipinski definition) is 3. The van der Waals surface area contributed by atoms with E-state index in [0.29, 0.717) is 6.42 Å². The number of aromatic nitrogens is 1. The van der Waals surface area contributed by atoms with E-state index < -0.39 is 0 Å². The number of carbonyl (C=O) groups is 1. The number of nitrogens with one attached hydrogen (secondary N) is 2. The fraction of sp³-hybridized carbons (Fsp3) is 0.368. The molecule has 0 aliphatic carbocycles. The molecule has 0 bridgehead atoms. The average Bonchev–Trinajstić information content (AvgIpc) is 3.19. The molecule has 1 aromatic carbocycles. The normalized spacial score (nSPS) is 23.2. The molecule has 26 heavy (non-hydrogen) atoms. The number of hydrogen-bond acceptors (Lipinski definition) is 6. The maximum atomic E-state index is 12.8. The Morgan fingerprint density at radius 2 is 1.69 bits per heavy atom. The number of pyridine rings is 1. The van der Waals surface area contributed by atoms with Gasteiger partial charge in [0, 0.05) is 50.3 Å². The summed E-state index contributed by atoms with van der Waals surface area (Å²) in [6.07, 6.45) is 4.29. The summed E-state index contributed by atoms with van der Waals surface area (Å²) in [6, 6.07) is 11.0. The summed E-state index contributed by atoms with van der Waals surface area (Å²) in [6.45, 7) is 3.11. The first-order chi connectivity index (χ1) is 12.7. The number of phenolic OH excluding ortho intramolecular Hbond substituents is 1. The van der Waals surface area contributed by atoms with Crippen LogP contribution in [0.25, 0.3) is 0 Å². The number of carbonyl (C=O) groups excluding carboxylic acids is 1. The first-order valence-electron chi connectivity index (χ1n) is 8.94. The summed E-state index contributed by atoms with van der Waals surface area (Å²) in [4.78, 5) is 21.1. The Morgan fingerprint density at radius 3 is 2.38 bits per heavy atom. The summed E-state index contributed by atoms with van der Waals surface area (Å²) in [5.74, 6) is 0.396. The maximum absolute atomic E-state index is 12.8. The number of piperazine rings is 1. The lowest BCUT2D eigenvalue weighted by Crippen LogP contribution is -2.53. The number of benzene rings is 1. The van der Waals surface area contributed by atoms with Crippen molar-refractivity contribution in [3.63, 3.8) is 0 Å². The smallest absolute Gasteiger partial charge is 0.241 e. The molecule has 0 radical (unpaired) electrons. The predicted molar refractivity (Wildman–Crippen MR) is 98.6 cm³/mol. The zero-order chi connectivity index (χ0) is 17.9. The van der Waals surface area contributed by atoms with Crippen molar-refractivity contribution in [1.29, 1.82) is 0 Å². The molecule has 4 rings (SSSR count). The molecule has 1 amide bonds. The van der Waals surface area contributed by atoms with Crippen LogP contribution in [0.4, 0.5) is 5.69 Å². The fourth-order valence-corrected chi connectivity index (χ4v) is 3.60. The third kappa shape index (κ3) is 3.49. The van der Waals surface area contributed by atoms with Crippen LogP contribution in [0.3, 0.4) is 0 Å². The lowest BCUT2D eigenvalue weighted by molar-refractivity contribution is -0.133. The molecule has 2 saturated heterocycles. The van der Waals surface area contributed by atoms with Crippen molar-refractivity contribution >= 4 is 11.6 Å². The molecule has 3 heterocycles. The Hall–Kier alpha value is -2.64. The van der Waals surface area contributed by atoms with E-state index in [1.807, 2.05) is 29.2 Å². The molecular weight excluding hydrogens is 330 g/mol. The predicted octanol–water partition coefficient (Wildman–Crippen LogP) is 1.04. The van der Waals surface area contributed by atoms with E-state index in [1.54, 1.807) is 24.5 Å². The van der Waals surface area contributed by atoms with Crippen LogP contribution in [-0.2, 0) is 4.79 Å². The minimum Gasteiger partial charge on any atom is -0.508 e. The van der Waals surface area contributed by atoms with Crippen LogP contribution in [0.1, 0.15) is 18.0 Å². The van der Waals surface area contributed by atoms with E-state index in [4.69, 9.17) is 0 Å². The molecule has 2 aliphatic rings. The molecule has 2 unspecified atom stereocenters. The second-order valence-electron chi connectivity index (χ2n) is 6.74. The summed E-state index contributed by atoms with van der Waals surface area (Å²) < 4.78 is 0. The third-order valence-electron chi connectivity index (χ3n) is 5.12. The van der Waals surface area contributed by atoms with E-state index in [9.17, 15) is 9.90 Å². The van der Waals surface area contributed by atoms with Crippen molar-refractivity contribution in [3.8, 4) is 5.75 Å². The number of amides is 1. The Morgan fingerprint density at radius 1 is 1.00 bits per heavy atom. The van der Waals surface area contributed by atoms with Crippen LogP contribution >= 0.6 is 0 Å². The quantitative estimate of drug-likeness (QED) is 0.765. The zero-order valence-corrected chi connectivity index (χ0v) is 14.5. The number of phenols is 1. The van der Waals surface area contributed by atoms with E-state index in [1.165, 1.54) is 0 Å². The highest BCUT2D eigenvalue weighted by Crippen LogP contribution is 2.25. The first kappa shape index (κ1) is 16.8. The highest BCUT2D eigenvalue weighted by Gasteiger charge is 2.34. The summed E-state index contributed by atoms with van der Waals surface area (Å²) in [7, 11) is 0. The molecule has 2 aliphatic heterocycles. The molecular formula is C19H23N5O2. The lowest BCUT2D eigenvalue weighted by Gasteiger charge is -2.37. The van der Waals surface area contributed by atoms with Gasteiger partial charge in [0.2, 0.25) is 5.91 Å². The number of anilines is 1. The Kier molecular flexibility index (Phi) is 4.73. The van der Waals surface area contributed by atoms with E-state index in [0.717, 1.165) is 37.4 Å². The fourth-order valence-electron chi connectivity index (χ4n) is 3.60. The van der Waals surface area contributed by atoms with Crippen molar-refractivity contribution in [1.82, 2.24) is 20.7 Å². The van der Waals surface area contributed by atoms with Gasteiger partial charge in [0.25, 0.3) is 0 Å². The van der Waals surface area contributed by atoms with E-state index >= 15 is 0 Å². The van der Waals surface area contributed by atoms with Crippen LogP contribution < -0.4 is 15.8 Å². The third-order valence-corrected chi connectivity index (χ3v) is 5.12. The number of nitrogens with zero attached hydrogens (tertiary/aromatic N) is 3. The molecule has 7 heteroatoms. The highest BCUT2D eigenvalue weighted by atomic mass is 16.3. The number of aromatic hydroxyl groups is 1. The van der Waals surface area contributed by atoms with Gasteiger partial charge in [-0.1, -0.05) is 12.1 Å². The number of rotatable bonds is 3. The van der Waals surface area contributed by atoms with Crippen LogP contribution in [0.2, 0.25) is 0 Å². The molecule has 2 aromatic rings. The van der Waals surface area contributed by atoms with Gasteiger partial charge in [-0.05, 0) is 36.2 Å². The van der Waals surface area contributed by atoms with Crippen LogP contribution in [0.5, 0.6) is 5.75 Å². The molecule has 3 N–H and O–H groups in total. The second kappa shape index (κ2) is 7.31. The first-order valence-corrected chi connectivity index (χ1v) is 8.94. The van der Waals surface area contributed by atoms with Gasteiger partial charge in [-0.3, -0.25) is 9.78 Å². The minimum atomic E-state index is -0.221. The van der Waals surface area contributed by atoms with Gasteiger partial charge >= 0.3 is 0 Å². The molecule has 136 valence electrons. The van der Waals surface area contributed by atoms with Crippen molar-refractivity contribution in [3.05, 3.63) is 54.4 Å². The van der Waals surface area contributed by atoms with Gasteiger partial charge in [0.15, 0.2) is 0 Å². The molecule has 0 saturated carbocycles. The summed E-state index contributed by atoms with van der Waals surface area (Å²) in [5.41, 5.74) is 8.55. The average molecular weight is 353 g/mol. The highest BCUT2D eigenvalue weighted by molar-refractivity contribution is 5.82. The molecule has 1 aromatic heterocycles. The SMILES string of the molecule is O=C(C1CC(c2ccc(O)cc2)NN1)N1CCN(c2ccncc2)CC1. The maximum Gasteiger partial charge on any atom is 0.241 e. The van der Waals surface area contributed by atoms with Crippen molar-refractivity contribution < 1.29 is 9.90 Å². The zero-order valence-electron chi connectivity index (χ0n) is 14.5. The van der Waals surface area contributed by atoms with Crippen LogP contribution in [-0.4, -0.2) is 53.1 Å². The minimum absolute atomic E-state index is 0.0719. The van der Waals surface area contributed by atoms with Gasteiger partial charge in [0.05, 0.1) is 0 Å². The van der Waals surface area contributed by atoms with Gasteiger partial charge in [-0.2, -0.15) is 0 Å².